The van der Waals surface area contributed by atoms with Gasteiger partial charge >= 0.3 is 0 Å². The first-order valence-electron chi connectivity index (χ1n) is 5.61. The van der Waals surface area contributed by atoms with Crippen molar-refractivity contribution in [3.63, 3.8) is 0 Å². The second kappa shape index (κ2) is 3.86. The summed E-state index contributed by atoms with van der Waals surface area (Å²) in [6.45, 7) is 2.24. The molecule has 1 fully saturated rings. The maximum absolute atomic E-state index is 6.52. The molecule has 2 atom stereocenters. The van der Waals surface area contributed by atoms with E-state index in [0.29, 0.717) is 5.92 Å². The van der Waals surface area contributed by atoms with E-state index in [1.807, 2.05) is 18.2 Å². The highest BCUT2D eigenvalue weighted by molar-refractivity contribution is 5.40. The second-order valence-electron chi connectivity index (χ2n) is 4.53. The van der Waals surface area contributed by atoms with Crippen molar-refractivity contribution in [2.75, 3.05) is 7.11 Å². The lowest BCUT2D eigenvalue weighted by Gasteiger charge is -2.31. The number of para-hydroxylation sites is 1. The van der Waals surface area contributed by atoms with Crippen LogP contribution in [0.25, 0.3) is 0 Å². The molecule has 0 heterocycles. The van der Waals surface area contributed by atoms with Crippen LogP contribution in [0.15, 0.2) is 24.3 Å². The Kier molecular flexibility index (Phi) is 2.70. The summed E-state index contributed by atoms with van der Waals surface area (Å²) in [5.74, 6) is 1.46. The van der Waals surface area contributed by atoms with E-state index in [9.17, 15) is 0 Å². The van der Waals surface area contributed by atoms with Crippen LogP contribution in [0, 0.1) is 5.92 Å². The minimum atomic E-state index is -0.188. The molecule has 0 aliphatic heterocycles. The fourth-order valence-electron chi connectivity index (χ4n) is 2.63. The van der Waals surface area contributed by atoms with Crippen LogP contribution in [0.5, 0.6) is 5.75 Å². The predicted molar refractivity (Wildman–Crippen MR) is 61.9 cm³/mol. The monoisotopic (exact) mass is 205 g/mol. The average molecular weight is 205 g/mol. The van der Waals surface area contributed by atoms with Gasteiger partial charge in [0.1, 0.15) is 5.75 Å². The molecule has 15 heavy (non-hydrogen) atoms. The van der Waals surface area contributed by atoms with Gasteiger partial charge in [0.25, 0.3) is 0 Å². The first-order chi connectivity index (χ1) is 7.18. The number of rotatable bonds is 2. The Morgan fingerprint density at radius 1 is 1.40 bits per heavy atom. The highest BCUT2D eigenvalue weighted by Gasteiger charge is 2.39. The van der Waals surface area contributed by atoms with Crippen LogP contribution < -0.4 is 10.5 Å². The van der Waals surface area contributed by atoms with Crippen LogP contribution in [0.4, 0.5) is 0 Å². The van der Waals surface area contributed by atoms with E-state index in [1.165, 1.54) is 12.8 Å². The molecule has 2 unspecified atom stereocenters. The molecular weight excluding hydrogens is 186 g/mol. The van der Waals surface area contributed by atoms with Crippen LogP contribution in [0.2, 0.25) is 0 Å². The fourth-order valence-corrected chi connectivity index (χ4v) is 2.63. The minimum Gasteiger partial charge on any atom is -0.496 e. The summed E-state index contributed by atoms with van der Waals surface area (Å²) in [5.41, 5.74) is 7.50. The molecule has 1 aliphatic carbocycles. The molecule has 82 valence electrons. The quantitative estimate of drug-likeness (QED) is 0.805. The Morgan fingerprint density at radius 3 is 2.73 bits per heavy atom. The molecule has 0 spiro atoms. The number of ether oxygens (including phenoxy) is 1. The van der Waals surface area contributed by atoms with Gasteiger partial charge in [0.15, 0.2) is 0 Å². The Hall–Kier alpha value is -1.02. The van der Waals surface area contributed by atoms with Gasteiger partial charge in [-0.25, -0.2) is 0 Å². The molecule has 2 heteroatoms. The molecule has 2 rings (SSSR count). The van der Waals surface area contributed by atoms with Crippen molar-refractivity contribution in [1.82, 2.24) is 0 Å². The molecule has 2 nitrogen and oxygen atoms in total. The van der Waals surface area contributed by atoms with Crippen molar-refractivity contribution in [1.29, 1.82) is 0 Å². The first-order valence-corrected chi connectivity index (χ1v) is 5.61. The van der Waals surface area contributed by atoms with Gasteiger partial charge in [-0.2, -0.15) is 0 Å². The molecular formula is C13H19NO. The lowest BCUT2D eigenvalue weighted by atomic mass is 9.82. The zero-order valence-electron chi connectivity index (χ0n) is 9.49. The van der Waals surface area contributed by atoms with Crippen molar-refractivity contribution in [3.05, 3.63) is 29.8 Å². The number of benzene rings is 1. The maximum atomic E-state index is 6.52. The van der Waals surface area contributed by atoms with Crippen LogP contribution in [-0.2, 0) is 5.54 Å². The molecule has 2 N–H and O–H groups in total. The van der Waals surface area contributed by atoms with Crippen LogP contribution >= 0.6 is 0 Å². The van der Waals surface area contributed by atoms with Gasteiger partial charge in [0.05, 0.1) is 7.11 Å². The van der Waals surface area contributed by atoms with Gasteiger partial charge in [0.2, 0.25) is 0 Å². The first kappa shape index (κ1) is 10.5. The lowest BCUT2D eigenvalue weighted by Crippen LogP contribution is -2.39. The Labute approximate surface area is 91.4 Å². The number of nitrogens with two attached hydrogens (primary N) is 1. The van der Waals surface area contributed by atoms with Gasteiger partial charge in [0, 0.05) is 11.1 Å². The highest BCUT2D eigenvalue weighted by atomic mass is 16.5. The number of hydrogen-bond donors (Lipinski definition) is 1. The molecule has 0 bridgehead atoms. The lowest BCUT2D eigenvalue weighted by molar-refractivity contribution is 0.325. The summed E-state index contributed by atoms with van der Waals surface area (Å²) in [6, 6.07) is 8.12. The second-order valence-corrected chi connectivity index (χ2v) is 4.53. The van der Waals surface area contributed by atoms with Gasteiger partial charge in [-0.15, -0.1) is 0 Å². The van der Waals surface area contributed by atoms with Crippen molar-refractivity contribution in [3.8, 4) is 5.75 Å². The number of methoxy groups -OCH3 is 1. The van der Waals surface area contributed by atoms with Crippen LogP contribution in [0.1, 0.15) is 31.7 Å². The van der Waals surface area contributed by atoms with E-state index in [-0.39, 0.29) is 5.54 Å². The predicted octanol–water partition coefficient (Wildman–Crippen LogP) is 2.67. The summed E-state index contributed by atoms with van der Waals surface area (Å²) < 4.78 is 5.39. The van der Waals surface area contributed by atoms with Gasteiger partial charge in [-0.3, -0.25) is 0 Å². The summed E-state index contributed by atoms with van der Waals surface area (Å²) in [6.07, 6.45) is 3.50. The molecule has 1 aliphatic rings. The third-order valence-electron chi connectivity index (χ3n) is 3.72. The standard InChI is InChI=1S/C13H19NO/c1-10-6-5-9-13(10,14)11-7-3-4-8-12(11)15-2/h3-4,7-8,10H,5-6,9,14H2,1-2H3. The molecule has 1 saturated carbocycles. The number of hydrogen-bond acceptors (Lipinski definition) is 2. The van der Waals surface area contributed by atoms with Crippen molar-refractivity contribution < 1.29 is 4.74 Å². The van der Waals surface area contributed by atoms with Crippen molar-refractivity contribution >= 4 is 0 Å². The Balaban J connectivity index is 2.43. The normalized spacial score (nSPS) is 30.5. The fraction of sp³-hybridized carbons (Fsp3) is 0.538. The Morgan fingerprint density at radius 2 is 2.13 bits per heavy atom. The van der Waals surface area contributed by atoms with Gasteiger partial charge in [-0.1, -0.05) is 31.5 Å². The molecule has 0 radical (unpaired) electrons. The van der Waals surface area contributed by atoms with Crippen LogP contribution in [-0.4, -0.2) is 7.11 Å². The molecule has 1 aromatic rings. The van der Waals surface area contributed by atoms with E-state index in [4.69, 9.17) is 10.5 Å². The Bertz CT molecular complexity index is 350. The SMILES string of the molecule is COc1ccccc1C1(N)CCCC1C. The zero-order chi connectivity index (χ0) is 10.9. The van der Waals surface area contributed by atoms with Crippen molar-refractivity contribution in [2.45, 2.75) is 31.7 Å². The van der Waals surface area contributed by atoms with Gasteiger partial charge < -0.3 is 10.5 Å². The van der Waals surface area contributed by atoms with E-state index in [1.54, 1.807) is 7.11 Å². The summed E-state index contributed by atoms with van der Waals surface area (Å²) in [5, 5.41) is 0. The third-order valence-corrected chi connectivity index (χ3v) is 3.72. The summed E-state index contributed by atoms with van der Waals surface area (Å²) >= 11 is 0. The van der Waals surface area contributed by atoms with E-state index >= 15 is 0 Å². The molecule has 1 aromatic carbocycles. The molecule has 0 saturated heterocycles. The van der Waals surface area contributed by atoms with E-state index in [2.05, 4.69) is 13.0 Å². The smallest absolute Gasteiger partial charge is 0.123 e. The third kappa shape index (κ3) is 1.63. The molecule has 0 amide bonds. The maximum Gasteiger partial charge on any atom is 0.123 e. The zero-order valence-corrected chi connectivity index (χ0v) is 9.49. The minimum absolute atomic E-state index is 0.188. The van der Waals surface area contributed by atoms with Gasteiger partial charge in [-0.05, 0) is 24.8 Å². The highest BCUT2D eigenvalue weighted by Crippen LogP contribution is 2.44. The topological polar surface area (TPSA) is 35.2 Å². The molecule has 0 aromatic heterocycles. The average Bonchev–Trinajstić information content (AvgIpc) is 2.60. The summed E-state index contributed by atoms with van der Waals surface area (Å²) in [4.78, 5) is 0. The van der Waals surface area contributed by atoms with Crippen molar-refractivity contribution in [2.24, 2.45) is 11.7 Å². The largest absolute Gasteiger partial charge is 0.496 e. The van der Waals surface area contributed by atoms with E-state index in [0.717, 1.165) is 17.7 Å². The summed E-state index contributed by atoms with van der Waals surface area (Å²) in [7, 11) is 1.71. The van der Waals surface area contributed by atoms with Crippen LogP contribution in [0.3, 0.4) is 0 Å². The van der Waals surface area contributed by atoms with E-state index < -0.39 is 0 Å².